The fourth-order valence-corrected chi connectivity index (χ4v) is 9.44. The molecule has 0 amide bonds. The predicted octanol–water partition coefficient (Wildman–Crippen LogP) is 11.8. The third-order valence-electron chi connectivity index (χ3n) is 11.9. The average Bonchev–Trinajstić information content (AvgIpc) is 3.57. The molecule has 7 aromatic rings. The second-order valence-corrected chi connectivity index (χ2v) is 14.9. The van der Waals surface area contributed by atoms with E-state index >= 15 is 0 Å². The van der Waals surface area contributed by atoms with Crippen molar-refractivity contribution in [2.24, 2.45) is 15.9 Å². The fourth-order valence-electron chi connectivity index (χ4n) is 9.44. The molecule has 2 aliphatic heterocycles. The van der Waals surface area contributed by atoms with Crippen LogP contribution in [0.1, 0.15) is 51.0 Å². The molecular formula is C52H37N3O. The number of amidine groups is 2. The van der Waals surface area contributed by atoms with Gasteiger partial charge in [0.15, 0.2) is 6.17 Å². The number of aliphatic imine (C=N–C) groups is 2. The molecule has 0 saturated carbocycles. The molecule has 4 unspecified atom stereocenters. The maximum atomic E-state index is 6.89. The minimum atomic E-state index is -0.402. The van der Waals surface area contributed by atoms with Crippen LogP contribution < -0.4 is 10.1 Å². The molecule has 0 radical (unpaired) electrons. The number of hydrogen-bond donors (Lipinski definition) is 1. The van der Waals surface area contributed by atoms with Crippen molar-refractivity contribution in [1.82, 2.24) is 5.32 Å². The Morgan fingerprint density at radius 3 is 1.91 bits per heavy atom. The number of nitrogens with one attached hydrogen (secondary N) is 1. The summed E-state index contributed by atoms with van der Waals surface area (Å²) < 4.78 is 6.89. The fraction of sp³-hybridized carbons (Fsp3) is 0.0769. The number of ether oxygens (including phenoxy) is 1. The highest BCUT2D eigenvalue weighted by molar-refractivity contribution is 6.18. The van der Waals surface area contributed by atoms with Crippen LogP contribution in [0.4, 0.5) is 0 Å². The number of allylic oxidation sites excluding steroid dienone is 4. The van der Waals surface area contributed by atoms with Crippen LogP contribution in [-0.4, -0.2) is 11.7 Å². The highest BCUT2D eigenvalue weighted by Crippen LogP contribution is 2.64. The molecular weight excluding hydrogens is 683 g/mol. The van der Waals surface area contributed by atoms with Crippen LogP contribution in [0, 0.1) is 5.92 Å². The van der Waals surface area contributed by atoms with E-state index in [1.54, 1.807) is 0 Å². The smallest absolute Gasteiger partial charge is 0.169 e. The lowest BCUT2D eigenvalue weighted by Crippen LogP contribution is -2.37. The Bertz CT molecular complexity index is 2760. The van der Waals surface area contributed by atoms with E-state index in [9.17, 15) is 0 Å². The first-order valence-corrected chi connectivity index (χ1v) is 19.4. The molecule has 7 aromatic carbocycles. The van der Waals surface area contributed by atoms with Crippen LogP contribution in [0.3, 0.4) is 0 Å². The predicted molar refractivity (Wildman–Crippen MR) is 226 cm³/mol. The molecule has 4 heteroatoms. The van der Waals surface area contributed by atoms with Gasteiger partial charge >= 0.3 is 0 Å². The summed E-state index contributed by atoms with van der Waals surface area (Å²) in [6.07, 6.45) is 8.79. The maximum absolute atomic E-state index is 6.89. The van der Waals surface area contributed by atoms with E-state index in [2.05, 4.69) is 181 Å². The van der Waals surface area contributed by atoms with Crippen molar-refractivity contribution in [3.8, 4) is 33.8 Å². The monoisotopic (exact) mass is 719 g/mol. The average molecular weight is 720 g/mol. The molecule has 1 N–H and O–H groups in total. The number of rotatable bonds is 5. The van der Waals surface area contributed by atoms with Crippen molar-refractivity contribution < 1.29 is 4.74 Å². The molecule has 11 rings (SSSR count). The number of fused-ring (bicyclic) bond motifs is 9. The molecule has 4 atom stereocenters. The van der Waals surface area contributed by atoms with E-state index in [1.807, 2.05) is 24.3 Å². The third kappa shape index (κ3) is 5.06. The van der Waals surface area contributed by atoms with Crippen molar-refractivity contribution in [2.45, 2.75) is 17.5 Å². The molecule has 56 heavy (non-hydrogen) atoms. The van der Waals surface area contributed by atoms with Gasteiger partial charge in [0.1, 0.15) is 23.2 Å². The van der Waals surface area contributed by atoms with E-state index in [4.69, 9.17) is 14.7 Å². The van der Waals surface area contributed by atoms with Gasteiger partial charge in [0, 0.05) is 34.1 Å². The Morgan fingerprint density at radius 1 is 0.464 bits per heavy atom. The zero-order valence-corrected chi connectivity index (χ0v) is 30.6. The zero-order valence-electron chi connectivity index (χ0n) is 30.6. The Morgan fingerprint density at radius 2 is 1.07 bits per heavy atom. The highest BCUT2D eigenvalue weighted by atomic mass is 16.5. The third-order valence-corrected chi connectivity index (χ3v) is 11.9. The minimum Gasteiger partial charge on any atom is -0.457 e. The standard InChI is InChI=1S/C52H37N3O/c1-3-15-34(16-4-1)35-27-29-37(30-28-35)50-53-49(36-17-5-2-6-18-36)54-51(55-50)42-22-8-7-19-39(42)38-31-32-46-48(33-38)56-47-26-14-13-25-45(47)52(46)43-23-11-9-20-40(43)41-21-10-12-24-44(41)52/h1-33,40,43,49H,(H,53,54,55). The Kier molecular flexibility index (Phi) is 7.56. The van der Waals surface area contributed by atoms with E-state index in [1.165, 1.54) is 27.8 Å². The summed E-state index contributed by atoms with van der Waals surface area (Å²) in [6, 6.07) is 62.3. The summed E-state index contributed by atoms with van der Waals surface area (Å²) in [5, 5.41) is 3.67. The summed E-state index contributed by atoms with van der Waals surface area (Å²) in [7, 11) is 0. The van der Waals surface area contributed by atoms with Crippen LogP contribution in [-0.2, 0) is 5.41 Å². The van der Waals surface area contributed by atoms with Gasteiger partial charge in [0.2, 0.25) is 0 Å². The van der Waals surface area contributed by atoms with Crippen LogP contribution in [0.5, 0.6) is 11.5 Å². The SMILES string of the molecule is C1=CC2c3ccccc3C3(c4ccccc4Oc4cc(-c5ccccc5C5=NC(c6ccccc6)N=C(c6ccc(-c7ccccc7)cc6)N5)ccc43)C2C=C1. The normalized spacial score (nSPS) is 21.1. The van der Waals surface area contributed by atoms with Gasteiger partial charge < -0.3 is 10.1 Å². The van der Waals surface area contributed by atoms with Gasteiger partial charge in [0.25, 0.3) is 0 Å². The molecule has 0 aromatic heterocycles. The van der Waals surface area contributed by atoms with Crippen molar-refractivity contribution in [2.75, 3.05) is 0 Å². The van der Waals surface area contributed by atoms with Crippen molar-refractivity contribution >= 4 is 11.7 Å². The summed E-state index contributed by atoms with van der Waals surface area (Å²) in [4.78, 5) is 10.4. The summed E-state index contributed by atoms with van der Waals surface area (Å²) in [5.74, 6) is 3.87. The van der Waals surface area contributed by atoms with Gasteiger partial charge in [-0.2, -0.15) is 0 Å². The number of benzene rings is 7. The first-order chi connectivity index (χ1) is 27.8. The summed E-state index contributed by atoms with van der Waals surface area (Å²) >= 11 is 0. The van der Waals surface area contributed by atoms with Gasteiger partial charge in [-0.1, -0.05) is 188 Å². The molecule has 266 valence electrons. The van der Waals surface area contributed by atoms with Gasteiger partial charge in [-0.3, -0.25) is 0 Å². The second-order valence-electron chi connectivity index (χ2n) is 14.9. The van der Waals surface area contributed by atoms with Crippen LogP contribution in [0.2, 0.25) is 0 Å². The van der Waals surface area contributed by atoms with Crippen LogP contribution >= 0.6 is 0 Å². The molecule has 4 nitrogen and oxygen atoms in total. The molecule has 2 heterocycles. The molecule has 2 aliphatic carbocycles. The molecule has 1 spiro atoms. The molecule has 0 bridgehead atoms. The molecule has 4 aliphatic rings. The van der Waals surface area contributed by atoms with Crippen molar-refractivity contribution in [3.63, 3.8) is 0 Å². The highest BCUT2D eigenvalue weighted by Gasteiger charge is 2.56. The van der Waals surface area contributed by atoms with Gasteiger partial charge in [-0.25, -0.2) is 9.98 Å². The molecule has 0 saturated heterocycles. The van der Waals surface area contributed by atoms with E-state index in [0.29, 0.717) is 0 Å². The quantitative estimate of drug-likeness (QED) is 0.192. The topological polar surface area (TPSA) is 46.0 Å². The summed E-state index contributed by atoms with van der Waals surface area (Å²) in [5.41, 5.74) is 12.3. The maximum Gasteiger partial charge on any atom is 0.169 e. The first-order valence-electron chi connectivity index (χ1n) is 19.4. The van der Waals surface area contributed by atoms with Crippen molar-refractivity contribution in [1.29, 1.82) is 0 Å². The van der Waals surface area contributed by atoms with Crippen LogP contribution in [0.15, 0.2) is 210 Å². The lowest BCUT2D eigenvalue weighted by atomic mass is 9.62. The van der Waals surface area contributed by atoms with Crippen LogP contribution in [0.25, 0.3) is 22.3 Å². The summed E-state index contributed by atoms with van der Waals surface area (Å²) in [6.45, 7) is 0. The first kappa shape index (κ1) is 32.4. The number of para-hydroxylation sites is 1. The second kappa shape index (κ2) is 13.1. The van der Waals surface area contributed by atoms with Gasteiger partial charge in [-0.15, -0.1) is 0 Å². The Labute approximate surface area is 326 Å². The Hall–Kier alpha value is -7.04. The number of nitrogens with zero attached hydrogens (tertiary/aromatic N) is 2. The van der Waals surface area contributed by atoms with E-state index < -0.39 is 6.17 Å². The van der Waals surface area contributed by atoms with Gasteiger partial charge in [-0.05, 0) is 51.1 Å². The Balaban J connectivity index is 1.02. The lowest BCUT2D eigenvalue weighted by molar-refractivity contribution is 0.374. The van der Waals surface area contributed by atoms with E-state index in [0.717, 1.165) is 56.6 Å². The van der Waals surface area contributed by atoms with E-state index in [-0.39, 0.29) is 17.3 Å². The molecule has 0 fully saturated rings. The number of hydrogen-bond acceptors (Lipinski definition) is 4. The zero-order chi connectivity index (χ0) is 37.1. The van der Waals surface area contributed by atoms with Gasteiger partial charge in [0.05, 0.1) is 5.41 Å². The minimum absolute atomic E-state index is 0.224. The van der Waals surface area contributed by atoms with Crippen molar-refractivity contribution in [3.05, 3.63) is 239 Å². The lowest BCUT2D eigenvalue weighted by Gasteiger charge is -2.43. The largest absolute Gasteiger partial charge is 0.457 e.